The summed E-state index contributed by atoms with van der Waals surface area (Å²) < 4.78 is 23.3. The Hall–Kier alpha value is -4.09. The zero-order valence-corrected chi connectivity index (χ0v) is 32.6. The van der Waals surface area contributed by atoms with Gasteiger partial charge in [-0.15, -0.1) is 11.8 Å². The quantitative estimate of drug-likeness (QED) is 0.0467. The highest BCUT2D eigenvalue weighted by molar-refractivity contribution is 7.98. The van der Waals surface area contributed by atoms with Gasteiger partial charge in [-0.2, -0.15) is 0 Å². The van der Waals surface area contributed by atoms with E-state index in [1.54, 1.807) is 27.0 Å². The van der Waals surface area contributed by atoms with Gasteiger partial charge in [0.05, 0.1) is 18.5 Å². The number of rotatable bonds is 20. The summed E-state index contributed by atoms with van der Waals surface area (Å²) in [6, 6.07) is 16.3. The summed E-state index contributed by atoms with van der Waals surface area (Å²) in [6.07, 6.45) is 4.32. The first-order chi connectivity index (χ1) is 24.8. The molecule has 0 radical (unpaired) electrons. The van der Waals surface area contributed by atoms with Gasteiger partial charge in [0.2, 0.25) is 6.10 Å². The molecule has 52 heavy (non-hydrogen) atoms. The summed E-state index contributed by atoms with van der Waals surface area (Å²) >= 11 is 1.50. The number of carbonyl (C=O) groups excluding carboxylic acids is 3. The summed E-state index contributed by atoms with van der Waals surface area (Å²) in [6.45, 7) is 11.3. The van der Waals surface area contributed by atoms with Crippen molar-refractivity contribution in [2.24, 2.45) is 11.8 Å². The van der Waals surface area contributed by atoms with Gasteiger partial charge in [0.25, 0.3) is 0 Å². The molecule has 0 saturated carbocycles. The highest BCUT2D eigenvalue weighted by Gasteiger charge is 2.33. The van der Waals surface area contributed by atoms with Gasteiger partial charge >= 0.3 is 24.0 Å². The zero-order chi connectivity index (χ0) is 38.4. The van der Waals surface area contributed by atoms with Crippen molar-refractivity contribution < 1.29 is 43.2 Å². The fourth-order valence-electron chi connectivity index (χ4n) is 6.30. The molecule has 0 saturated heterocycles. The van der Waals surface area contributed by atoms with Gasteiger partial charge in [0.1, 0.15) is 12.7 Å². The fourth-order valence-corrected chi connectivity index (χ4v) is 6.61. The lowest BCUT2D eigenvalue weighted by atomic mass is 9.90. The Labute approximate surface area is 312 Å². The van der Waals surface area contributed by atoms with Crippen molar-refractivity contribution in [1.82, 2.24) is 4.90 Å². The molecular weight excluding hydrogens is 683 g/mol. The topological polar surface area (TPSA) is 129 Å². The number of esters is 2. The van der Waals surface area contributed by atoms with Gasteiger partial charge in [-0.25, -0.2) is 14.4 Å². The molecule has 2 aromatic carbocycles. The first-order valence-corrected chi connectivity index (χ1v) is 19.4. The number of ether oxygens (including phenoxy) is 4. The van der Waals surface area contributed by atoms with Crippen LogP contribution in [0.15, 0.2) is 71.8 Å². The molecule has 1 N–H and O–H groups in total. The molecule has 0 spiro atoms. The largest absolute Gasteiger partial charge is 0.478 e. The minimum Gasteiger partial charge on any atom is -0.478 e. The number of hydrogen-bond donors (Lipinski definition) is 1. The number of fused-ring (bicyclic) bond motifs is 3. The number of carbonyl (C=O) groups is 4. The molecule has 11 heteroatoms. The number of hydrogen-bond acceptors (Lipinski definition) is 9. The van der Waals surface area contributed by atoms with Crippen LogP contribution < -0.4 is 0 Å². The Morgan fingerprint density at radius 2 is 1.54 bits per heavy atom. The van der Waals surface area contributed by atoms with Crippen LogP contribution in [0.4, 0.5) is 4.79 Å². The summed E-state index contributed by atoms with van der Waals surface area (Å²) in [7, 11) is 1.60. The van der Waals surface area contributed by atoms with E-state index in [0.29, 0.717) is 18.8 Å². The van der Waals surface area contributed by atoms with Gasteiger partial charge in [-0.1, -0.05) is 88.4 Å². The normalized spacial score (nSPS) is 15.8. The van der Waals surface area contributed by atoms with Gasteiger partial charge in [0.15, 0.2) is 0 Å². The maximum absolute atomic E-state index is 13.3. The lowest BCUT2D eigenvalue weighted by molar-refractivity contribution is -0.164. The zero-order valence-electron chi connectivity index (χ0n) is 31.8. The Kier molecular flexibility index (Phi) is 16.9. The van der Waals surface area contributed by atoms with E-state index in [4.69, 9.17) is 18.9 Å². The highest BCUT2D eigenvalue weighted by Crippen LogP contribution is 2.44. The van der Waals surface area contributed by atoms with Gasteiger partial charge < -0.3 is 29.0 Å². The van der Waals surface area contributed by atoms with E-state index in [9.17, 15) is 24.3 Å². The van der Waals surface area contributed by atoms with E-state index >= 15 is 0 Å². The van der Waals surface area contributed by atoms with Crippen molar-refractivity contribution in [3.63, 3.8) is 0 Å². The molecule has 284 valence electrons. The van der Waals surface area contributed by atoms with Crippen LogP contribution in [-0.4, -0.2) is 84.7 Å². The third kappa shape index (κ3) is 11.5. The second-order valence-electron chi connectivity index (χ2n) is 13.4. The summed E-state index contributed by atoms with van der Waals surface area (Å²) in [5, 5.41) is 9.55. The average molecular weight is 738 g/mol. The van der Waals surface area contributed by atoms with Crippen LogP contribution in [0, 0.1) is 11.8 Å². The lowest BCUT2D eigenvalue weighted by Gasteiger charge is -2.31. The minimum atomic E-state index is -1.24. The number of aliphatic carboxylic acids is 1. The van der Waals surface area contributed by atoms with Crippen molar-refractivity contribution in [1.29, 1.82) is 0 Å². The molecule has 2 aromatic rings. The van der Waals surface area contributed by atoms with Crippen LogP contribution in [0.2, 0.25) is 0 Å². The standard InChI is InChI=1S/C41H55NO9S/c1-9-15-27(4)37(29(6)35(49-25-52-8)21-20-28(5)40(46)51-38(39(44)45)26(3)10-2)50-36(43)22-23-42(7)41(47)48-24-34-32-18-13-11-16-30(32)31-17-12-14-19-33(31)34/h11-20,26,29,34-35,37-38H,9-10,21-25H2,1-8H3,(H,44,45)/b27-15+,28-20+. The highest BCUT2D eigenvalue weighted by atomic mass is 32.2. The van der Waals surface area contributed by atoms with Crippen LogP contribution in [0.5, 0.6) is 0 Å². The molecule has 3 rings (SSSR count). The minimum absolute atomic E-state index is 0.0363. The molecular formula is C41H55NO9S. The van der Waals surface area contributed by atoms with Crippen molar-refractivity contribution in [3.8, 4) is 11.1 Å². The van der Waals surface area contributed by atoms with Crippen LogP contribution in [0.3, 0.4) is 0 Å². The number of carboxylic acid groups (broad SMARTS) is 1. The average Bonchev–Trinajstić information content (AvgIpc) is 3.46. The van der Waals surface area contributed by atoms with Gasteiger partial charge in [-0.05, 0) is 67.2 Å². The maximum Gasteiger partial charge on any atom is 0.409 e. The van der Waals surface area contributed by atoms with E-state index in [0.717, 1.165) is 34.2 Å². The maximum atomic E-state index is 13.3. The van der Waals surface area contributed by atoms with Crippen molar-refractivity contribution >= 4 is 35.8 Å². The predicted molar refractivity (Wildman–Crippen MR) is 204 cm³/mol. The summed E-state index contributed by atoms with van der Waals surface area (Å²) in [5.41, 5.74) is 5.67. The van der Waals surface area contributed by atoms with Crippen LogP contribution in [0.25, 0.3) is 11.1 Å². The molecule has 10 nitrogen and oxygen atoms in total. The first kappa shape index (κ1) is 42.3. The molecule has 1 amide bonds. The molecule has 0 aliphatic heterocycles. The molecule has 0 heterocycles. The van der Waals surface area contributed by atoms with Gasteiger partial charge in [0, 0.05) is 36.9 Å². The van der Waals surface area contributed by atoms with Crippen LogP contribution in [-0.2, 0) is 33.3 Å². The van der Waals surface area contributed by atoms with Crippen molar-refractivity contribution in [2.45, 2.75) is 91.5 Å². The second-order valence-corrected chi connectivity index (χ2v) is 14.2. The second kappa shape index (κ2) is 20.8. The summed E-state index contributed by atoms with van der Waals surface area (Å²) in [4.78, 5) is 52.2. The first-order valence-electron chi connectivity index (χ1n) is 18.0. The fraction of sp³-hybridized carbons (Fsp3) is 0.512. The number of amides is 1. The van der Waals surface area contributed by atoms with Crippen LogP contribution in [0.1, 0.15) is 84.3 Å². The van der Waals surface area contributed by atoms with E-state index in [-0.39, 0.29) is 42.9 Å². The third-order valence-corrected chi connectivity index (χ3v) is 9.98. The molecule has 1 aliphatic rings. The SMILES string of the molecule is CC/C=C(\C)C(OC(=O)CCN(C)C(=O)OCC1c2ccccc2-c2ccccc21)C(C)C(C/C=C(\C)C(=O)OC(C(=O)O)C(C)CC)OCSC. The molecule has 0 bridgehead atoms. The van der Waals surface area contributed by atoms with E-state index in [2.05, 4.69) is 24.3 Å². The third-order valence-electron chi connectivity index (χ3n) is 9.61. The summed E-state index contributed by atoms with van der Waals surface area (Å²) in [5.74, 6) is -2.69. The van der Waals surface area contributed by atoms with E-state index in [1.807, 2.05) is 64.3 Å². The number of nitrogens with zero attached hydrogens (tertiary/aromatic N) is 1. The van der Waals surface area contributed by atoms with Crippen LogP contribution >= 0.6 is 11.8 Å². The Morgan fingerprint density at radius 3 is 2.10 bits per heavy atom. The number of benzene rings is 2. The molecule has 1 aliphatic carbocycles. The molecule has 0 fully saturated rings. The van der Waals surface area contributed by atoms with Crippen molar-refractivity contribution in [2.75, 3.05) is 32.4 Å². The molecule has 5 atom stereocenters. The Bertz CT molecular complexity index is 1540. The Morgan fingerprint density at radius 1 is 0.923 bits per heavy atom. The van der Waals surface area contributed by atoms with E-state index in [1.165, 1.54) is 16.7 Å². The number of carboxylic acids is 1. The monoisotopic (exact) mass is 737 g/mol. The number of thioether (sulfide) groups is 1. The molecule has 0 aromatic heterocycles. The van der Waals surface area contributed by atoms with Gasteiger partial charge in [-0.3, -0.25) is 4.79 Å². The van der Waals surface area contributed by atoms with Crippen molar-refractivity contribution in [3.05, 3.63) is 83.0 Å². The van der Waals surface area contributed by atoms with E-state index < -0.39 is 42.3 Å². The Balaban J connectivity index is 1.63. The lowest BCUT2D eigenvalue weighted by Crippen LogP contribution is -2.37. The number of allylic oxidation sites excluding steroid dienone is 1. The smallest absolute Gasteiger partial charge is 0.409 e. The molecule has 5 unspecified atom stereocenters. The predicted octanol–water partition coefficient (Wildman–Crippen LogP) is 8.25.